The highest BCUT2D eigenvalue weighted by molar-refractivity contribution is 7.89. The summed E-state index contributed by atoms with van der Waals surface area (Å²) < 4.78 is 41.1. The second kappa shape index (κ2) is 12.8. The Kier molecular flexibility index (Phi) is 9.18. The highest BCUT2D eigenvalue weighted by Gasteiger charge is 2.26. The molecule has 2 fully saturated rings. The lowest BCUT2D eigenvalue weighted by atomic mass is 10.1. The van der Waals surface area contributed by atoms with Crippen molar-refractivity contribution in [3.05, 3.63) is 53.7 Å². The van der Waals surface area contributed by atoms with Crippen LogP contribution in [0.5, 0.6) is 11.5 Å². The number of halogens is 1. The van der Waals surface area contributed by atoms with Gasteiger partial charge in [-0.2, -0.15) is 4.98 Å². The van der Waals surface area contributed by atoms with E-state index in [9.17, 15) is 8.42 Å². The maximum atomic E-state index is 13.0. The van der Waals surface area contributed by atoms with Crippen LogP contribution in [0.1, 0.15) is 39.5 Å². The molecule has 0 unspecified atom stereocenters. The van der Waals surface area contributed by atoms with Gasteiger partial charge in [-0.05, 0) is 76.8 Å². The number of hydrogen-bond acceptors (Lipinski definition) is 9. The van der Waals surface area contributed by atoms with Crippen molar-refractivity contribution in [1.29, 1.82) is 0 Å². The molecule has 41 heavy (non-hydrogen) atoms. The largest absolute Gasteiger partial charge is 0.490 e. The number of likely N-dealkylation sites (tertiary alicyclic amines) is 1. The van der Waals surface area contributed by atoms with Crippen molar-refractivity contribution >= 4 is 44.8 Å². The number of nitrogens with zero attached hydrogens (tertiary/aromatic N) is 3. The molecule has 3 aromatic rings. The lowest BCUT2D eigenvalue weighted by molar-refractivity contribution is 0.114. The molecule has 0 spiro atoms. The Bertz CT molecular complexity index is 1460. The van der Waals surface area contributed by atoms with Crippen molar-refractivity contribution in [1.82, 2.24) is 19.6 Å². The fourth-order valence-electron chi connectivity index (χ4n) is 4.52. The van der Waals surface area contributed by atoms with Crippen LogP contribution >= 0.6 is 11.6 Å². The second-order valence-electron chi connectivity index (χ2n) is 10.9. The highest BCUT2D eigenvalue weighted by Crippen LogP contribution is 2.35. The minimum atomic E-state index is -3.72. The molecule has 2 aromatic carbocycles. The summed E-state index contributed by atoms with van der Waals surface area (Å²) in [4.78, 5) is 11.3. The smallest absolute Gasteiger partial charge is 0.242 e. The van der Waals surface area contributed by atoms with Gasteiger partial charge in [0.25, 0.3) is 0 Å². The van der Waals surface area contributed by atoms with Gasteiger partial charge in [-0.15, -0.1) is 0 Å². The van der Waals surface area contributed by atoms with Crippen LogP contribution in [0.2, 0.25) is 5.02 Å². The lowest BCUT2D eigenvalue weighted by Crippen LogP contribution is -2.35. The first-order valence-electron chi connectivity index (χ1n) is 14.0. The highest BCUT2D eigenvalue weighted by atomic mass is 35.5. The van der Waals surface area contributed by atoms with Crippen LogP contribution in [0.25, 0.3) is 0 Å². The standard InChI is InChI=1S/C29H37ClN6O4S/c1-19(2)39-26-16-22(40-21-12-14-36(3)15-13-21)10-11-24(26)34-29-31-18-23(30)28(35-29)33-25-6-4-5-7-27(25)41(37,38)32-17-20-8-9-20/h4-7,10-11,16,18-21,32H,8-9,12-15,17H2,1-3H3,(H2,31,33,34,35). The number of benzene rings is 2. The first-order valence-corrected chi connectivity index (χ1v) is 15.8. The Morgan fingerprint density at radius 2 is 1.80 bits per heavy atom. The molecule has 220 valence electrons. The fourth-order valence-corrected chi connectivity index (χ4v) is 5.94. The van der Waals surface area contributed by atoms with Gasteiger partial charge in [0.05, 0.1) is 23.7 Å². The summed E-state index contributed by atoms with van der Waals surface area (Å²) >= 11 is 6.42. The number of para-hydroxylation sites is 1. The molecule has 12 heteroatoms. The van der Waals surface area contributed by atoms with Gasteiger partial charge in [0.1, 0.15) is 27.5 Å². The maximum Gasteiger partial charge on any atom is 0.242 e. The van der Waals surface area contributed by atoms with Crippen LogP contribution in [0.4, 0.5) is 23.1 Å². The van der Waals surface area contributed by atoms with E-state index in [0.29, 0.717) is 29.6 Å². The van der Waals surface area contributed by atoms with Crippen molar-refractivity contribution in [2.75, 3.05) is 37.3 Å². The summed E-state index contributed by atoms with van der Waals surface area (Å²) in [5, 5.41) is 6.54. The number of ether oxygens (including phenoxy) is 2. The Morgan fingerprint density at radius 3 is 2.54 bits per heavy atom. The molecule has 0 radical (unpaired) electrons. The predicted molar refractivity (Wildman–Crippen MR) is 161 cm³/mol. The number of hydrogen-bond donors (Lipinski definition) is 3. The third-order valence-corrected chi connectivity index (χ3v) is 8.72. The van der Waals surface area contributed by atoms with E-state index >= 15 is 0 Å². The quantitative estimate of drug-likeness (QED) is 0.245. The van der Waals surface area contributed by atoms with Gasteiger partial charge in [0.2, 0.25) is 16.0 Å². The molecule has 1 saturated carbocycles. The summed E-state index contributed by atoms with van der Waals surface area (Å²) in [5.41, 5.74) is 1.02. The molecule has 2 aliphatic rings. The average molecular weight is 601 g/mol. The Labute approximate surface area is 246 Å². The molecule has 5 rings (SSSR count). The third-order valence-electron chi connectivity index (χ3n) is 6.96. The summed E-state index contributed by atoms with van der Waals surface area (Å²) in [6, 6.07) is 12.3. The molecule has 1 aliphatic carbocycles. The van der Waals surface area contributed by atoms with Gasteiger partial charge < -0.3 is 25.0 Å². The van der Waals surface area contributed by atoms with Gasteiger partial charge in [0, 0.05) is 25.7 Å². The second-order valence-corrected chi connectivity index (χ2v) is 13.0. The predicted octanol–water partition coefficient (Wildman–Crippen LogP) is 5.57. The molecular weight excluding hydrogens is 564 g/mol. The Morgan fingerprint density at radius 1 is 1.05 bits per heavy atom. The number of aromatic nitrogens is 2. The van der Waals surface area contributed by atoms with Crippen LogP contribution in [0.3, 0.4) is 0 Å². The summed E-state index contributed by atoms with van der Waals surface area (Å²) in [6.07, 6.45) is 5.62. The van der Waals surface area contributed by atoms with Crippen molar-refractivity contribution in [2.24, 2.45) is 5.92 Å². The van der Waals surface area contributed by atoms with Gasteiger partial charge in [-0.3, -0.25) is 0 Å². The zero-order valence-corrected chi connectivity index (χ0v) is 25.1. The number of nitrogens with one attached hydrogen (secondary N) is 3. The van der Waals surface area contributed by atoms with Crippen LogP contribution in [0, 0.1) is 5.92 Å². The lowest BCUT2D eigenvalue weighted by Gasteiger charge is -2.29. The number of rotatable bonds is 12. The molecule has 3 N–H and O–H groups in total. The first-order chi connectivity index (χ1) is 19.7. The molecule has 1 saturated heterocycles. The van der Waals surface area contributed by atoms with Crippen LogP contribution in [-0.2, 0) is 10.0 Å². The molecule has 10 nitrogen and oxygen atoms in total. The summed E-state index contributed by atoms with van der Waals surface area (Å²) in [6.45, 7) is 6.37. The zero-order valence-electron chi connectivity index (χ0n) is 23.6. The van der Waals surface area contributed by atoms with E-state index in [1.54, 1.807) is 24.3 Å². The molecule has 2 heterocycles. The molecule has 1 aliphatic heterocycles. The van der Waals surface area contributed by atoms with Crippen molar-refractivity contribution < 1.29 is 17.9 Å². The van der Waals surface area contributed by atoms with Crippen LogP contribution in [0.15, 0.2) is 53.6 Å². The topological polar surface area (TPSA) is 118 Å². The number of piperidine rings is 1. The van der Waals surface area contributed by atoms with Crippen molar-refractivity contribution in [2.45, 2.75) is 56.6 Å². The molecule has 0 atom stereocenters. The molecular formula is C29H37ClN6O4S. The van der Waals surface area contributed by atoms with Gasteiger partial charge >= 0.3 is 0 Å². The van der Waals surface area contributed by atoms with Crippen molar-refractivity contribution in [3.63, 3.8) is 0 Å². The van der Waals surface area contributed by atoms with E-state index < -0.39 is 10.0 Å². The Hall–Kier alpha value is -3.12. The summed E-state index contributed by atoms with van der Waals surface area (Å²) in [5.74, 6) is 2.29. The van der Waals surface area contributed by atoms with Gasteiger partial charge in [-0.1, -0.05) is 23.7 Å². The average Bonchev–Trinajstić information content (AvgIpc) is 3.77. The maximum absolute atomic E-state index is 13.0. The molecule has 0 bridgehead atoms. The Balaban J connectivity index is 1.34. The minimum Gasteiger partial charge on any atom is -0.490 e. The first kappa shape index (κ1) is 29.4. The van der Waals surface area contributed by atoms with Gasteiger partial charge in [0.15, 0.2) is 5.82 Å². The monoisotopic (exact) mass is 600 g/mol. The fraction of sp³-hybridized carbons (Fsp3) is 0.448. The van der Waals surface area contributed by atoms with E-state index in [1.165, 1.54) is 6.20 Å². The molecule has 0 amide bonds. The van der Waals surface area contributed by atoms with E-state index in [-0.39, 0.29) is 33.9 Å². The van der Waals surface area contributed by atoms with Crippen LogP contribution < -0.4 is 24.8 Å². The zero-order chi connectivity index (χ0) is 29.0. The van der Waals surface area contributed by atoms with Crippen molar-refractivity contribution in [3.8, 4) is 11.5 Å². The number of sulfonamides is 1. The van der Waals surface area contributed by atoms with E-state index in [4.69, 9.17) is 21.1 Å². The van der Waals surface area contributed by atoms with Crippen LogP contribution in [-0.4, -0.2) is 62.2 Å². The van der Waals surface area contributed by atoms with Gasteiger partial charge in [-0.25, -0.2) is 18.1 Å². The number of anilines is 4. The molecule has 1 aromatic heterocycles. The normalized spacial score (nSPS) is 16.5. The van der Waals surface area contributed by atoms with E-state index in [2.05, 4.69) is 37.3 Å². The SMILES string of the molecule is CC(C)Oc1cc(OC2CCN(C)CC2)ccc1Nc1ncc(Cl)c(Nc2ccccc2S(=O)(=O)NCC2CC2)n1. The summed E-state index contributed by atoms with van der Waals surface area (Å²) in [7, 11) is -1.59. The van der Waals surface area contributed by atoms with E-state index in [0.717, 1.165) is 44.5 Å². The minimum absolute atomic E-state index is 0.0653. The third kappa shape index (κ3) is 8.00. The van der Waals surface area contributed by atoms with E-state index in [1.807, 2.05) is 32.0 Å².